The maximum absolute atomic E-state index is 13.1. The molecule has 1 aromatic heterocycles. The Labute approximate surface area is 210 Å². The van der Waals surface area contributed by atoms with Gasteiger partial charge in [-0.25, -0.2) is 0 Å². The third-order valence-electron chi connectivity index (χ3n) is 6.91. The van der Waals surface area contributed by atoms with Crippen molar-refractivity contribution in [3.05, 3.63) is 62.4 Å². The summed E-state index contributed by atoms with van der Waals surface area (Å²) < 4.78 is 1.33. The molecule has 3 atom stereocenters. The van der Waals surface area contributed by atoms with E-state index in [9.17, 15) is 19.8 Å². The van der Waals surface area contributed by atoms with E-state index in [1.807, 2.05) is 24.3 Å². The molecular formula is C26H27BrN2O4S. The fourth-order valence-corrected chi connectivity index (χ4v) is 6.68. The topological polar surface area (TPSA) is 104 Å². The van der Waals surface area contributed by atoms with Crippen molar-refractivity contribution in [3.8, 4) is 5.75 Å². The molecule has 6 nitrogen and oxygen atoms in total. The highest BCUT2D eigenvalue weighted by Gasteiger charge is 2.43. The zero-order chi connectivity index (χ0) is 24.0. The number of hydrogen-bond donors (Lipinski definition) is 3. The molecule has 1 aliphatic carbocycles. The summed E-state index contributed by atoms with van der Waals surface area (Å²) in [6.45, 7) is 2.47. The van der Waals surface area contributed by atoms with Crippen molar-refractivity contribution in [2.75, 3.05) is 13.1 Å². The minimum absolute atomic E-state index is 0.0471. The average Bonchev–Trinajstić information content (AvgIpc) is 3.47. The van der Waals surface area contributed by atoms with E-state index >= 15 is 0 Å². The first kappa shape index (κ1) is 23.5. The smallest absolute Gasteiger partial charge is 0.250 e. The Morgan fingerprint density at radius 3 is 2.68 bits per heavy atom. The number of piperidine rings is 1. The van der Waals surface area contributed by atoms with E-state index < -0.39 is 5.91 Å². The van der Waals surface area contributed by atoms with Gasteiger partial charge in [-0.3, -0.25) is 14.5 Å². The van der Waals surface area contributed by atoms with Crippen LogP contribution in [0.2, 0.25) is 0 Å². The second-order valence-electron chi connectivity index (χ2n) is 9.46. The van der Waals surface area contributed by atoms with Crippen LogP contribution in [0.5, 0.6) is 5.75 Å². The first-order chi connectivity index (χ1) is 16.3. The van der Waals surface area contributed by atoms with E-state index in [2.05, 4.69) is 20.8 Å². The lowest BCUT2D eigenvalue weighted by Crippen LogP contribution is -2.37. The van der Waals surface area contributed by atoms with Crippen molar-refractivity contribution in [2.45, 2.75) is 38.3 Å². The van der Waals surface area contributed by atoms with Crippen molar-refractivity contribution >= 4 is 49.0 Å². The maximum atomic E-state index is 13.1. The fourth-order valence-electron chi connectivity index (χ4n) is 5.02. The maximum Gasteiger partial charge on any atom is 0.250 e. The molecule has 8 heteroatoms. The molecule has 1 saturated heterocycles. The standard InChI is InChI=1S/C26H27BrN2O4S/c27-20-10-19-22(11-21(20)31)34-23(24(19)26(28)33)9-16-8-18(16)25(32)15-5-3-14(4-6-15)12-29-7-1-2-17(30)13-29/h3-6,10-11,16-18,30-31H,1-2,7-9,12-13H2,(H2,28,33)/t16-,17?,18?/m1/s1. The number of thiophene rings is 1. The van der Waals surface area contributed by atoms with Gasteiger partial charge in [0.05, 0.1) is 16.1 Å². The number of phenols is 1. The molecule has 1 aliphatic heterocycles. The number of primary amides is 1. The van der Waals surface area contributed by atoms with Gasteiger partial charge in [-0.1, -0.05) is 24.3 Å². The quantitative estimate of drug-likeness (QED) is 0.381. The highest BCUT2D eigenvalue weighted by Crippen LogP contribution is 2.46. The number of aliphatic hydroxyl groups excluding tert-OH is 1. The fraction of sp³-hybridized carbons (Fsp3) is 0.385. The first-order valence-electron chi connectivity index (χ1n) is 11.6. The molecule has 2 unspecified atom stereocenters. The van der Waals surface area contributed by atoms with Crippen LogP contribution in [0, 0.1) is 11.8 Å². The van der Waals surface area contributed by atoms with E-state index in [0.29, 0.717) is 23.0 Å². The zero-order valence-corrected chi connectivity index (χ0v) is 21.1. The molecule has 0 spiro atoms. The summed E-state index contributed by atoms with van der Waals surface area (Å²) in [7, 11) is 0. The number of phenolic OH excluding ortho intramolecular Hbond substituents is 1. The molecular weight excluding hydrogens is 516 g/mol. The number of amides is 1. The van der Waals surface area contributed by atoms with Crippen molar-refractivity contribution < 1.29 is 19.8 Å². The minimum Gasteiger partial charge on any atom is -0.507 e. The van der Waals surface area contributed by atoms with Crippen LogP contribution in [0.3, 0.4) is 0 Å². The number of aromatic hydroxyl groups is 1. The number of aliphatic hydroxyl groups is 1. The number of halogens is 1. The van der Waals surface area contributed by atoms with Crippen LogP contribution in [0.15, 0.2) is 40.9 Å². The van der Waals surface area contributed by atoms with Crippen LogP contribution in [0.4, 0.5) is 0 Å². The lowest BCUT2D eigenvalue weighted by atomic mass is 10.0. The molecule has 0 bridgehead atoms. The second kappa shape index (κ2) is 9.41. The van der Waals surface area contributed by atoms with Gasteiger partial charge < -0.3 is 15.9 Å². The Morgan fingerprint density at radius 2 is 1.97 bits per heavy atom. The number of likely N-dealkylation sites (tertiary alicyclic amines) is 1. The number of ketones is 1. The Bertz CT molecular complexity index is 1260. The number of nitrogens with two attached hydrogens (primary N) is 1. The molecule has 178 valence electrons. The van der Waals surface area contributed by atoms with Gasteiger partial charge in [-0.05, 0) is 71.8 Å². The van der Waals surface area contributed by atoms with E-state index in [1.165, 1.54) is 11.3 Å². The average molecular weight is 543 g/mol. The van der Waals surface area contributed by atoms with Crippen molar-refractivity contribution in [1.29, 1.82) is 0 Å². The molecule has 4 N–H and O–H groups in total. The Balaban J connectivity index is 1.25. The Kier molecular flexibility index (Phi) is 6.50. The third kappa shape index (κ3) is 4.77. The number of fused-ring (bicyclic) bond motifs is 1. The van der Waals surface area contributed by atoms with E-state index in [-0.39, 0.29) is 29.5 Å². The van der Waals surface area contributed by atoms with Gasteiger partial charge in [-0.2, -0.15) is 0 Å². The number of rotatable bonds is 7. The van der Waals surface area contributed by atoms with Crippen LogP contribution < -0.4 is 5.73 Å². The van der Waals surface area contributed by atoms with E-state index in [1.54, 1.807) is 12.1 Å². The SMILES string of the molecule is NC(=O)c1c(C[C@H]2CC2C(=O)c2ccc(CN3CCCC(O)C3)cc2)sc2cc(O)c(Br)cc12. The normalized spacial score (nSPS) is 22.7. The summed E-state index contributed by atoms with van der Waals surface area (Å²) >= 11 is 4.76. The highest BCUT2D eigenvalue weighted by atomic mass is 79.9. The summed E-state index contributed by atoms with van der Waals surface area (Å²) in [5, 5.41) is 20.6. The number of carbonyl (C=O) groups is 2. The van der Waals surface area contributed by atoms with Crippen LogP contribution in [0.1, 0.15) is 50.4 Å². The van der Waals surface area contributed by atoms with Gasteiger partial charge in [0.1, 0.15) is 5.75 Å². The Morgan fingerprint density at radius 1 is 1.21 bits per heavy atom. The predicted molar refractivity (Wildman–Crippen MR) is 136 cm³/mol. The number of hydrogen-bond acceptors (Lipinski definition) is 6. The van der Waals surface area contributed by atoms with Gasteiger partial charge in [-0.15, -0.1) is 11.3 Å². The largest absolute Gasteiger partial charge is 0.507 e. The molecule has 0 radical (unpaired) electrons. The molecule has 3 aromatic rings. The van der Waals surface area contributed by atoms with Crippen LogP contribution in [-0.4, -0.2) is 46.0 Å². The van der Waals surface area contributed by atoms with Crippen molar-refractivity contribution in [2.24, 2.45) is 17.6 Å². The number of benzene rings is 2. The predicted octanol–water partition coefficient (Wildman–Crippen LogP) is 4.49. The zero-order valence-electron chi connectivity index (χ0n) is 18.7. The second-order valence-corrected chi connectivity index (χ2v) is 11.5. The van der Waals surface area contributed by atoms with Crippen molar-refractivity contribution in [3.63, 3.8) is 0 Å². The summed E-state index contributed by atoms with van der Waals surface area (Å²) in [4.78, 5) is 28.4. The van der Waals surface area contributed by atoms with Gasteiger partial charge in [0.2, 0.25) is 5.91 Å². The molecule has 2 aromatic carbocycles. The lowest BCUT2D eigenvalue weighted by molar-refractivity contribution is 0.0668. The van der Waals surface area contributed by atoms with Crippen LogP contribution >= 0.6 is 27.3 Å². The van der Waals surface area contributed by atoms with Gasteiger partial charge in [0.25, 0.3) is 0 Å². The van der Waals surface area contributed by atoms with Gasteiger partial charge in [0.15, 0.2) is 5.78 Å². The molecule has 5 rings (SSSR count). The molecule has 2 heterocycles. The minimum atomic E-state index is -0.487. The molecule has 34 heavy (non-hydrogen) atoms. The third-order valence-corrected chi connectivity index (χ3v) is 8.72. The summed E-state index contributed by atoms with van der Waals surface area (Å²) in [6.07, 6.45) is 3.06. The van der Waals surface area contributed by atoms with Gasteiger partial charge >= 0.3 is 0 Å². The van der Waals surface area contributed by atoms with Crippen LogP contribution in [0.25, 0.3) is 10.1 Å². The van der Waals surface area contributed by atoms with Gasteiger partial charge in [0, 0.05) is 39.5 Å². The summed E-state index contributed by atoms with van der Waals surface area (Å²) in [6, 6.07) is 11.2. The monoisotopic (exact) mass is 542 g/mol. The number of carbonyl (C=O) groups excluding carboxylic acids is 2. The molecule has 2 aliphatic rings. The number of β-amino-alcohol motifs (C(OH)–C–C–N with tert-alkyl or cyclic N) is 1. The number of nitrogens with zero attached hydrogens (tertiary/aromatic N) is 1. The molecule has 2 fully saturated rings. The Hall–Kier alpha value is -2.26. The van der Waals surface area contributed by atoms with Crippen molar-refractivity contribution in [1.82, 2.24) is 4.90 Å². The molecule has 1 amide bonds. The highest BCUT2D eigenvalue weighted by molar-refractivity contribution is 9.10. The molecule has 1 saturated carbocycles. The van der Waals surface area contributed by atoms with E-state index in [4.69, 9.17) is 5.73 Å². The lowest BCUT2D eigenvalue weighted by Gasteiger charge is -2.29. The summed E-state index contributed by atoms with van der Waals surface area (Å²) in [5.41, 5.74) is 8.04. The number of Topliss-reactive ketones (excluding diaryl/α,β-unsaturated/α-hetero) is 1. The first-order valence-corrected chi connectivity index (χ1v) is 13.2. The van der Waals surface area contributed by atoms with Crippen LogP contribution in [-0.2, 0) is 13.0 Å². The summed E-state index contributed by atoms with van der Waals surface area (Å²) in [5.74, 6) is -0.0821. The van der Waals surface area contributed by atoms with E-state index in [0.717, 1.165) is 58.4 Å².